The molecule has 144 valence electrons. The molecule has 0 N–H and O–H groups in total. The quantitative estimate of drug-likeness (QED) is 0.697. The summed E-state index contributed by atoms with van der Waals surface area (Å²) in [6.45, 7) is 0.805. The number of rotatable bonds is 4. The average molecular weight is 383 g/mol. The molecule has 3 fully saturated rings. The minimum Gasteiger partial charge on any atom is -0.446 e. The number of fused-ring (bicyclic) bond motifs is 1. The van der Waals surface area contributed by atoms with Crippen LogP contribution in [0.1, 0.15) is 38.5 Å². The zero-order valence-corrected chi connectivity index (χ0v) is 16.2. The fourth-order valence-electron chi connectivity index (χ4n) is 4.65. The molecule has 8 heteroatoms. The van der Waals surface area contributed by atoms with Gasteiger partial charge < -0.3 is 14.5 Å². The summed E-state index contributed by atoms with van der Waals surface area (Å²) in [5.41, 5.74) is 0. The van der Waals surface area contributed by atoms with Crippen molar-refractivity contribution in [3.8, 4) is 6.07 Å². The Bertz CT molecular complexity index is 579. The van der Waals surface area contributed by atoms with Crippen LogP contribution in [-0.4, -0.2) is 71.6 Å². The minimum absolute atomic E-state index is 0.00718. The molecule has 1 saturated heterocycles. The molecule has 0 aromatic rings. The topological polar surface area (TPSA) is 76.9 Å². The van der Waals surface area contributed by atoms with Crippen LogP contribution < -0.4 is 0 Å². The molecule has 3 aliphatic rings. The summed E-state index contributed by atoms with van der Waals surface area (Å²) in [4.78, 5) is 27.3. The van der Waals surface area contributed by atoms with Crippen molar-refractivity contribution in [3.63, 3.8) is 0 Å². The summed E-state index contributed by atoms with van der Waals surface area (Å²) in [7, 11) is 3.38. The van der Waals surface area contributed by atoms with E-state index in [1.54, 1.807) is 23.4 Å². The van der Waals surface area contributed by atoms with Gasteiger partial charge in [0.25, 0.3) is 0 Å². The summed E-state index contributed by atoms with van der Waals surface area (Å²) in [6, 6.07) is 2.06. The highest BCUT2D eigenvalue weighted by atomic mass is 35.5. The van der Waals surface area contributed by atoms with Crippen LogP contribution in [0, 0.1) is 23.2 Å². The molecule has 3 rings (SSSR count). The van der Waals surface area contributed by atoms with E-state index in [4.69, 9.17) is 21.8 Å². The van der Waals surface area contributed by atoms with Gasteiger partial charge in [-0.25, -0.2) is 9.21 Å². The van der Waals surface area contributed by atoms with Gasteiger partial charge in [0.1, 0.15) is 12.1 Å². The Morgan fingerprint density at radius 1 is 1.23 bits per heavy atom. The van der Waals surface area contributed by atoms with Gasteiger partial charge in [0, 0.05) is 26.7 Å². The van der Waals surface area contributed by atoms with Crippen molar-refractivity contribution in [1.29, 1.82) is 5.26 Å². The lowest BCUT2D eigenvalue weighted by molar-refractivity contribution is -0.131. The van der Waals surface area contributed by atoms with E-state index in [1.807, 2.05) is 0 Å². The molecule has 2 amide bonds. The number of carbonyl (C=O) groups is 2. The Morgan fingerprint density at radius 2 is 1.88 bits per heavy atom. The molecule has 26 heavy (non-hydrogen) atoms. The van der Waals surface area contributed by atoms with Gasteiger partial charge in [0.15, 0.2) is 0 Å². The van der Waals surface area contributed by atoms with Crippen molar-refractivity contribution >= 4 is 23.8 Å². The van der Waals surface area contributed by atoms with Crippen LogP contribution in [0.5, 0.6) is 0 Å². The monoisotopic (exact) mass is 382 g/mol. The number of ether oxygens (including phenoxy) is 1. The summed E-state index contributed by atoms with van der Waals surface area (Å²) in [6.07, 6.45) is 4.96. The zero-order valence-electron chi connectivity index (χ0n) is 15.4. The van der Waals surface area contributed by atoms with E-state index in [9.17, 15) is 9.59 Å². The fraction of sp³-hybridized carbons (Fsp3) is 0.833. The Labute approximate surface area is 159 Å². The molecule has 7 nitrogen and oxygen atoms in total. The van der Waals surface area contributed by atoms with Crippen LogP contribution in [0.4, 0.5) is 4.79 Å². The van der Waals surface area contributed by atoms with Crippen LogP contribution in [0.15, 0.2) is 0 Å². The predicted molar refractivity (Wildman–Crippen MR) is 96.1 cm³/mol. The van der Waals surface area contributed by atoms with E-state index in [-0.39, 0.29) is 36.7 Å². The number of hydrogen-bond acceptors (Lipinski definition) is 5. The molecule has 0 bridgehead atoms. The van der Waals surface area contributed by atoms with E-state index < -0.39 is 0 Å². The molecule has 0 radical (unpaired) electrons. The highest BCUT2D eigenvalue weighted by Gasteiger charge is 2.45. The first-order valence-electron chi connectivity index (χ1n) is 9.38. The molecule has 2 saturated carbocycles. The molecule has 2 unspecified atom stereocenters. The number of nitriles is 1. The van der Waals surface area contributed by atoms with Gasteiger partial charge in [0.05, 0.1) is 12.6 Å². The number of likely N-dealkylation sites (tertiary alicyclic amines) is 1. The zero-order chi connectivity index (χ0) is 18.8. The van der Waals surface area contributed by atoms with Gasteiger partial charge in [-0.1, -0.05) is 0 Å². The normalized spacial score (nSPS) is 33.2. The van der Waals surface area contributed by atoms with Crippen molar-refractivity contribution < 1.29 is 14.3 Å². The Kier molecular flexibility index (Phi) is 5.93. The Hall–Kier alpha value is -1.52. The van der Waals surface area contributed by atoms with Crippen LogP contribution >= 0.6 is 11.8 Å². The van der Waals surface area contributed by atoms with Crippen molar-refractivity contribution in [1.82, 2.24) is 14.2 Å². The third kappa shape index (κ3) is 4.07. The van der Waals surface area contributed by atoms with E-state index in [0.29, 0.717) is 18.4 Å². The van der Waals surface area contributed by atoms with E-state index in [0.717, 1.165) is 38.5 Å². The number of halogens is 1. The number of carbonyl (C=O) groups excluding carboxylic acids is 2. The SMILES string of the molecule is CN(C)C(=O)OC1C[C@@H]2CC(N(Cl)CC(=O)N3CCC[C@H]3C#N)C[C@@H]2C1. The highest BCUT2D eigenvalue weighted by Crippen LogP contribution is 2.47. The fourth-order valence-corrected chi connectivity index (χ4v) is 4.91. The lowest BCUT2D eigenvalue weighted by Crippen LogP contribution is -2.42. The van der Waals surface area contributed by atoms with E-state index in [1.165, 1.54) is 4.90 Å². The number of hydrogen-bond donors (Lipinski definition) is 0. The average Bonchev–Trinajstić information content (AvgIpc) is 3.28. The summed E-state index contributed by atoms with van der Waals surface area (Å²) >= 11 is 6.44. The summed E-state index contributed by atoms with van der Waals surface area (Å²) in [5, 5.41) is 9.13. The molecule has 1 aliphatic heterocycles. The predicted octanol–water partition coefficient (Wildman–Crippen LogP) is 2.21. The van der Waals surface area contributed by atoms with E-state index >= 15 is 0 Å². The van der Waals surface area contributed by atoms with Crippen molar-refractivity contribution in [2.45, 2.75) is 56.7 Å². The summed E-state index contributed by atoms with van der Waals surface area (Å²) in [5.74, 6) is 0.934. The second-order valence-corrected chi connectivity index (χ2v) is 8.38. The van der Waals surface area contributed by atoms with Gasteiger partial charge in [-0.2, -0.15) is 5.26 Å². The molecule has 2 aliphatic carbocycles. The van der Waals surface area contributed by atoms with Gasteiger partial charge in [0.2, 0.25) is 5.91 Å². The van der Waals surface area contributed by atoms with Crippen molar-refractivity contribution in [3.05, 3.63) is 0 Å². The number of nitrogens with zero attached hydrogens (tertiary/aromatic N) is 4. The van der Waals surface area contributed by atoms with Crippen molar-refractivity contribution in [2.75, 3.05) is 27.2 Å². The minimum atomic E-state index is -0.303. The Morgan fingerprint density at radius 3 is 2.46 bits per heavy atom. The smallest absolute Gasteiger partial charge is 0.409 e. The molecule has 1 heterocycles. The molecular formula is C18H27ClN4O3. The van der Waals surface area contributed by atoms with Crippen molar-refractivity contribution in [2.24, 2.45) is 11.8 Å². The third-order valence-corrected chi connectivity index (χ3v) is 6.38. The van der Waals surface area contributed by atoms with Gasteiger partial charge >= 0.3 is 6.09 Å². The van der Waals surface area contributed by atoms with Crippen LogP contribution in [0.25, 0.3) is 0 Å². The first kappa shape index (κ1) is 19.2. The van der Waals surface area contributed by atoms with Gasteiger partial charge in [-0.3, -0.25) is 4.79 Å². The van der Waals surface area contributed by atoms with Crippen LogP contribution in [-0.2, 0) is 9.53 Å². The second kappa shape index (κ2) is 8.01. The maximum Gasteiger partial charge on any atom is 0.409 e. The first-order chi connectivity index (χ1) is 12.4. The first-order valence-corrected chi connectivity index (χ1v) is 9.72. The largest absolute Gasteiger partial charge is 0.446 e. The molecular weight excluding hydrogens is 356 g/mol. The van der Waals surface area contributed by atoms with Crippen LogP contribution in [0.3, 0.4) is 0 Å². The van der Waals surface area contributed by atoms with Gasteiger partial charge in [-0.15, -0.1) is 0 Å². The highest BCUT2D eigenvalue weighted by molar-refractivity contribution is 6.14. The molecule has 0 aromatic carbocycles. The second-order valence-electron chi connectivity index (χ2n) is 7.95. The maximum absolute atomic E-state index is 12.5. The molecule has 0 aromatic heterocycles. The van der Waals surface area contributed by atoms with Crippen LogP contribution in [0.2, 0.25) is 0 Å². The summed E-state index contributed by atoms with van der Waals surface area (Å²) < 4.78 is 7.14. The molecule has 5 atom stereocenters. The number of amides is 2. The Balaban J connectivity index is 1.46. The van der Waals surface area contributed by atoms with E-state index in [2.05, 4.69) is 6.07 Å². The maximum atomic E-state index is 12.5. The lowest BCUT2D eigenvalue weighted by Gasteiger charge is -2.26. The van der Waals surface area contributed by atoms with Gasteiger partial charge in [-0.05, 0) is 62.1 Å². The lowest BCUT2D eigenvalue weighted by atomic mass is 10.0. The third-order valence-electron chi connectivity index (χ3n) is 5.98. The standard InChI is InChI=1S/C18H27ClN4O3/c1-21(2)18(25)26-16-8-12-6-15(7-13(12)9-16)23(19)11-17(24)22-5-3-4-14(22)10-20/h12-16H,3-9,11H2,1-2H3/t12-,13+,14-,15?,16?/m0/s1. The molecule has 0 spiro atoms.